The number of phenolic OH excluding ortho intramolecular Hbond substituents is 1. The van der Waals surface area contributed by atoms with Crippen LogP contribution in [0.4, 0.5) is 0 Å². The second-order valence-electron chi connectivity index (χ2n) is 10.2. The maximum absolute atomic E-state index is 13.4. The number of carbonyl (C=O) groups excluding carboxylic acids is 1. The number of aliphatic hydroxyl groups is 1. The van der Waals surface area contributed by atoms with Crippen molar-refractivity contribution in [3.63, 3.8) is 0 Å². The molecule has 0 aromatic heterocycles. The molecular weight excluding hydrogens is 499 g/mol. The summed E-state index contributed by atoms with van der Waals surface area (Å²) in [5, 5.41) is 23.6. The van der Waals surface area contributed by atoms with Gasteiger partial charge in [-0.1, -0.05) is 41.3 Å². The Balaban J connectivity index is 1.48. The molecule has 1 aliphatic carbocycles. The molecule has 2 aliphatic heterocycles. The van der Waals surface area contributed by atoms with Crippen molar-refractivity contribution in [1.29, 1.82) is 0 Å². The Kier molecular flexibility index (Phi) is 6.86. The van der Waals surface area contributed by atoms with Crippen LogP contribution in [0.15, 0.2) is 36.4 Å². The molecule has 3 aliphatic rings. The first-order chi connectivity index (χ1) is 17.2. The van der Waals surface area contributed by atoms with Gasteiger partial charge in [-0.25, -0.2) is 0 Å². The molecule has 2 fully saturated rings. The second kappa shape index (κ2) is 9.79. The highest BCUT2D eigenvalue weighted by Crippen LogP contribution is 2.48. The lowest BCUT2D eigenvalue weighted by Crippen LogP contribution is -2.70. The zero-order valence-electron chi connectivity index (χ0n) is 20.2. The Labute approximate surface area is 221 Å². The highest BCUT2D eigenvalue weighted by molar-refractivity contribution is 6.42. The number of hydrogen-bond donors (Lipinski definition) is 2. The first-order valence-corrected chi connectivity index (χ1v) is 13.0. The lowest BCUT2D eigenvalue weighted by molar-refractivity contribution is -0.185. The summed E-state index contributed by atoms with van der Waals surface area (Å²) in [5.41, 5.74) is 0.723. The summed E-state index contributed by atoms with van der Waals surface area (Å²) in [6.07, 6.45) is 7.74. The van der Waals surface area contributed by atoms with E-state index in [4.69, 9.17) is 34.4 Å². The zero-order valence-corrected chi connectivity index (χ0v) is 21.7. The Morgan fingerprint density at radius 2 is 2.06 bits per heavy atom. The Morgan fingerprint density at radius 3 is 2.81 bits per heavy atom. The number of benzene rings is 2. The minimum Gasteiger partial charge on any atom is -0.504 e. The molecule has 5 rings (SSSR count). The number of rotatable bonds is 4. The number of piperidine rings is 1. The van der Waals surface area contributed by atoms with E-state index in [0.717, 1.165) is 17.7 Å². The molecule has 1 saturated heterocycles. The van der Waals surface area contributed by atoms with E-state index in [1.54, 1.807) is 36.2 Å². The summed E-state index contributed by atoms with van der Waals surface area (Å²) in [6.45, 7) is 1.19. The van der Waals surface area contributed by atoms with Gasteiger partial charge in [-0.2, -0.15) is 0 Å². The van der Waals surface area contributed by atoms with Crippen LogP contribution in [0.2, 0.25) is 10.0 Å². The number of phenols is 1. The number of amides is 1. The highest BCUT2D eigenvalue weighted by Gasteiger charge is 2.58. The molecule has 0 radical (unpaired) electrons. The summed E-state index contributed by atoms with van der Waals surface area (Å²) < 4.78 is 6.49. The lowest BCUT2D eigenvalue weighted by Gasteiger charge is -2.57. The highest BCUT2D eigenvalue weighted by atomic mass is 35.5. The standard InChI is InChI=1S/C28H30Cl2N2O4/c1-3-11-32-12-9-19-27-22(31(2)26(34)16-17-4-6-20(29)21(30)13-17)8-10-28(19,35)25(32)15-18-5-7-23(33)24(14-18)36-27/h1,4-7,13-14,19,22,25,27,33,35H,8-12,15-16H2,2H3/t19?,22-,25-,27-,28+/m1/s1. The number of ether oxygens (including phenoxy) is 1. The molecule has 36 heavy (non-hydrogen) atoms. The molecule has 1 unspecified atom stereocenters. The van der Waals surface area contributed by atoms with Gasteiger partial charge < -0.3 is 19.8 Å². The van der Waals surface area contributed by atoms with Crippen LogP contribution in [-0.4, -0.2) is 69.8 Å². The van der Waals surface area contributed by atoms with Crippen molar-refractivity contribution < 1.29 is 19.7 Å². The van der Waals surface area contributed by atoms with Gasteiger partial charge in [0, 0.05) is 25.6 Å². The number of hydrogen-bond acceptors (Lipinski definition) is 5. The number of carbonyl (C=O) groups is 1. The molecule has 6 bridgehead atoms. The molecule has 2 aromatic carbocycles. The fourth-order valence-corrected chi connectivity index (χ4v) is 6.68. The van der Waals surface area contributed by atoms with Crippen molar-refractivity contribution >= 4 is 29.1 Å². The molecule has 1 saturated carbocycles. The number of fused-ring (bicyclic) bond motifs is 2. The number of nitrogens with zero attached hydrogens (tertiary/aromatic N) is 2. The van der Waals surface area contributed by atoms with E-state index in [9.17, 15) is 15.0 Å². The second-order valence-corrected chi connectivity index (χ2v) is 11.0. The lowest BCUT2D eigenvalue weighted by atomic mass is 9.63. The van der Waals surface area contributed by atoms with Crippen LogP contribution in [0, 0.1) is 18.3 Å². The third-order valence-corrected chi connectivity index (χ3v) is 8.98. The predicted octanol–water partition coefficient (Wildman–Crippen LogP) is 3.92. The largest absolute Gasteiger partial charge is 0.504 e. The summed E-state index contributed by atoms with van der Waals surface area (Å²) in [6, 6.07) is 10.1. The van der Waals surface area contributed by atoms with E-state index in [1.807, 2.05) is 12.1 Å². The van der Waals surface area contributed by atoms with Crippen molar-refractivity contribution in [2.75, 3.05) is 20.1 Å². The maximum atomic E-state index is 13.4. The van der Waals surface area contributed by atoms with E-state index < -0.39 is 11.7 Å². The molecule has 190 valence electrons. The third kappa shape index (κ3) is 4.43. The van der Waals surface area contributed by atoms with Crippen molar-refractivity contribution in [3.8, 4) is 23.8 Å². The smallest absolute Gasteiger partial charge is 0.227 e. The van der Waals surface area contributed by atoms with E-state index in [-0.39, 0.29) is 36.1 Å². The van der Waals surface area contributed by atoms with Gasteiger partial charge in [-0.15, -0.1) is 6.42 Å². The van der Waals surface area contributed by atoms with Gasteiger partial charge >= 0.3 is 0 Å². The van der Waals surface area contributed by atoms with Gasteiger partial charge in [0.25, 0.3) is 0 Å². The summed E-state index contributed by atoms with van der Waals surface area (Å²) in [5.74, 6) is 2.88. The Morgan fingerprint density at radius 1 is 1.25 bits per heavy atom. The van der Waals surface area contributed by atoms with Crippen LogP contribution in [-0.2, 0) is 17.6 Å². The number of likely N-dealkylation sites (tertiary alicyclic amines) is 1. The Bertz CT molecular complexity index is 1210. The molecule has 5 atom stereocenters. The van der Waals surface area contributed by atoms with Crippen LogP contribution >= 0.6 is 23.2 Å². The fourth-order valence-electron chi connectivity index (χ4n) is 6.36. The molecule has 2 heterocycles. The predicted molar refractivity (Wildman–Crippen MR) is 139 cm³/mol. The van der Waals surface area contributed by atoms with Gasteiger partial charge in [0.15, 0.2) is 11.5 Å². The van der Waals surface area contributed by atoms with Crippen LogP contribution < -0.4 is 4.74 Å². The number of halogens is 2. The summed E-state index contributed by atoms with van der Waals surface area (Å²) in [4.78, 5) is 17.3. The summed E-state index contributed by atoms with van der Waals surface area (Å²) >= 11 is 12.2. The molecule has 2 aromatic rings. The number of likely N-dealkylation sites (N-methyl/N-ethyl adjacent to an activating group) is 1. The van der Waals surface area contributed by atoms with Gasteiger partial charge in [0.2, 0.25) is 5.91 Å². The van der Waals surface area contributed by atoms with Crippen molar-refractivity contribution in [3.05, 3.63) is 57.6 Å². The summed E-state index contributed by atoms with van der Waals surface area (Å²) in [7, 11) is 1.78. The maximum Gasteiger partial charge on any atom is 0.227 e. The molecule has 1 amide bonds. The van der Waals surface area contributed by atoms with Gasteiger partial charge in [0.05, 0.1) is 34.7 Å². The van der Waals surface area contributed by atoms with Crippen molar-refractivity contribution in [2.45, 2.75) is 55.9 Å². The van der Waals surface area contributed by atoms with E-state index in [0.29, 0.717) is 48.0 Å². The minimum atomic E-state index is -1.02. The number of aromatic hydroxyl groups is 1. The third-order valence-electron chi connectivity index (χ3n) is 8.24. The van der Waals surface area contributed by atoms with Gasteiger partial charge in [0.1, 0.15) is 6.10 Å². The minimum absolute atomic E-state index is 0.0494. The van der Waals surface area contributed by atoms with E-state index in [2.05, 4.69) is 10.8 Å². The fraction of sp³-hybridized carbons (Fsp3) is 0.464. The average molecular weight is 529 g/mol. The molecule has 2 N–H and O–H groups in total. The first kappa shape index (κ1) is 25.2. The SMILES string of the molecule is C#CCN1CCC2[C@H]3Oc4cc(ccc4O)C[C@@H]1[C@]2(O)CC[C@H]3N(C)C(=O)Cc1ccc(Cl)c(Cl)c1. The normalized spacial score (nSPS) is 29.2. The Hall–Kier alpha value is -2.43. The quantitative estimate of drug-likeness (QED) is 0.588. The molecule has 8 heteroatoms. The molecular formula is C28H30Cl2N2O4. The zero-order chi connectivity index (χ0) is 25.6. The van der Waals surface area contributed by atoms with Crippen molar-refractivity contribution in [1.82, 2.24) is 9.80 Å². The van der Waals surface area contributed by atoms with Crippen LogP contribution in [0.25, 0.3) is 0 Å². The van der Waals surface area contributed by atoms with Crippen LogP contribution in [0.3, 0.4) is 0 Å². The van der Waals surface area contributed by atoms with E-state index in [1.165, 1.54) is 0 Å². The van der Waals surface area contributed by atoms with Crippen LogP contribution in [0.5, 0.6) is 11.5 Å². The molecule has 6 nitrogen and oxygen atoms in total. The van der Waals surface area contributed by atoms with Crippen LogP contribution in [0.1, 0.15) is 30.4 Å². The monoisotopic (exact) mass is 528 g/mol. The van der Waals surface area contributed by atoms with Crippen molar-refractivity contribution in [2.24, 2.45) is 5.92 Å². The van der Waals surface area contributed by atoms with Gasteiger partial charge in [-0.05, 0) is 61.1 Å². The first-order valence-electron chi connectivity index (χ1n) is 12.3. The molecule has 0 spiro atoms. The van der Waals surface area contributed by atoms with Gasteiger partial charge in [-0.3, -0.25) is 9.69 Å². The average Bonchev–Trinajstić information content (AvgIpc) is 2.86. The topological polar surface area (TPSA) is 73.2 Å². The number of terminal acetylenes is 1. The van der Waals surface area contributed by atoms with E-state index >= 15 is 0 Å².